The van der Waals surface area contributed by atoms with Crippen LogP contribution in [0.5, 0.6) is 0 Å². The fraction of sp³-hybridized carbons (Fsp3) is 0.636. The molecular formula is C11H18N6O3. The van der Waals surface area contributed by atoms with Gasteiger partial charge in [0.2, 0.25) is 11.6 Å². The number of hydrogen-bond donors (Lipinski definition) is 3. The van der Waals surface area contributed by atoms with Gasteiger partial charge in [-0.05, 0) is 24.7 Å². The second-order valence-electron chi connectivity index (χ2n) is 4.92. The lowest BCUT2D eigenvalue weighted by atomic mass is 10.0. The molecule has 0 saturated heterocycles. The van der Waals surface area contributed by atoms with Gasteiger partial charge < -0.3 is 15.5 Å². The van der Waals surface area contributed by atoms with E-state index in [0.717, 1.165) is 19.3 Å². The van der Waals surface area contributed by atoms with Gasteiger partial charge in [-0.2, -0.15) is 0 Å². The second kappa shape index (κ2) is 5.97. The van der Waals surface area contributed by atoms with Gasteiger partial charge in [-0.1, -0.05) is 0 Å². The zero-order valence-corrected chi connectivity index (χ0v) is 11.3. The van der Waals surface area contributed by atoms with Gasteiger partial charge in [0.1, 0.15) is 6.33 Å². The molecular weight excluding hydrogens is 264 g/mol. The molecule has 9 heteroatoms. The number of nitrogens with zero attached hydrogens (tertiary/aromatic N) is 3. The van der Waals surface area contributed by atoms with E-state index in [4.69, 9.17) is 10.6 Å². The first kappa shape index (κ1) is 14.4. The van der Waals surface area contributed by atoms with Gasteiger partial charge in [-0.15, -0.1) is 0 Å². The van der Waals surface area contributed by atoms with E-state index in [2.05, 4.69) is 20.7 Å². The topological polar surface area (TPSA) is 128 Å². The van der Waals surface area contributed by atoms with Gasteiger partial charge in [0.15, 0.2) is 0 Å². The minimum atomic E-state index is -0.549. The minimum absolute atomic E-state index is 0.00533. The molecule has 1 saturated carbocycles. The summed E-state index contributed by atoms with van der Waals surface area (Å²) in [7, 11) is 1.66. The first-order valence-electron chi connectivity index (χ1n) is 6.31. The van der Waals surface area contributed by atoms with Crippen LogP contribution in [0.2, 0.25) is 0 Å². The van der Waals surface area contributed by atoms with Gasteiger partial charge >= 0.3 is 5.69 Å². The summed E-state index contributed by atoms with van der Waals surface area (Å²) in [6.07, 6.45) is 4.34. The molecule has 0 aromatic carbocycles. The molecule has 4 N–H and O–H groups in total. The van der Waals surface area contributed by atoms with E-state index in [1.807, 2.05) is 0 Å². The summed E-state index contributed by atoms with van der Waals surface area (Å²) in [5, 5.41) is 14.1. The van der Waals surface area contributed by atoms with Crippen molar-refractivity contribution in [3.05, 3.63) is 16.4 Å². The lowest BCUT2D eigenvalue weighted by Gasteiger charge is -2.16. The van der Waals surface area contributed by atoms with Crippen molar-refractivity contribution in [3.8, 4) is 0 Å². The van der Waals surface area contributed by atoms with Crippen molar-refractivity contribution < 1.29 is 9.66 Å². The van der Waals surface area contributed by atoms with E-state index in [1.54, 1.807) is 7.11 Å². The maximum absolute atomic E-state index is 11.1. The average molecular weight is 282 g/mol. The Kier molecular flexibility index (Phi) is 4.30. The smallest absolute Gasteiger partial charge is 0.354 e. The molecule has 1 aliphatic carbocycles. The molecule has 9 nitrogen and oxygen atoms in total. The number of methoxy groups -OCH3 is 1. The zero-order valence-electron chi connectivity index (χ0n) is 11.3. The summed E-state index contributed by atoms with van der Waals surface area (Å²) in [6.45, 7) is 1.31. The lowest BCUT2D eigenvalue weighted by Crippen LogP contribution is -2.19. The summed E-state index contributed by atoms with van der Waals surface area (Å²) in [4.78, 5) is 18.2. The van der Waals surface area contributed by atoms with Crippen LogP contribution in [0.25, 0.3) is 0 Å². The van der Waals surface area contributed by atoms with Crippen LogP contribution in [0.1, 0.15) is 19.3 Å². The molecule has 0 unspecified atom stereocenters. The molecule has 1 heterocycles. The van der Waals surface area contributed by atoms with Gasteiger partial charge in [0.25, 0.3) is 0 Å². The third kappa shape index (κ3) is 3.11. The highest BCUT2D eigenvalue weighted by molar-refractivity contribution is 5.68. The molecule has 0 bridgehead atoms. The van der Waals surface area contributed by atoms with Crippen LogP contribution in [0.4, 0.5) is 17.3 Å². The molecule has 20 heavy (non-hydrogen) atoms. The molecule has 0 aliphatic heterocycles. The molecule has 0 spiro atoms. The SMILES string of the molecule is COCCC1(CNc2ncnc(NN)c2[N+](=O)[O-])CC1. The minimum Gasteiger partial charge on any atom is -0.385 e. The molecule has 0 radical (unpaired) electrons. The number of anilines is 2. The number of ether oxygens (including phenoxy) is 1. The van der Waals surface area contributed by atoms with Crippen LogP contribution in [0.15, 0.2) is 6.33 Å². The monoisotopic (exact) mass is 282 g/mol. The second-order valence-corrected chi connectivity index (χ2v) is 4.92. The number of nitrogens with two attached hydrogens (primary N) is 1. The number of hydrazine groups is 1. The van der Waals surface area contributed by atoms with E-state index in [-0.39, 0.29) is 22.7 Å². The van der Waals surface area contributed by atoms with Gasteiger partial charge in [0.05, 0.1) is 4.92 Å². The van der Waals surface area contributed by atoms with E-state index < -0.39 is 4.92 Å². The third-order valence-corrected chi connectivity index (χ3v) is 3.57. The molecule has 1 aromatic heterocycles. The summed E-state index contributed by atoms with van der Waals surface area (Å²) < 4.78 is 5.08. The van der Waals surface area contributed by atoms with Crippen molar-refractivity contribution in [2.24, 2.45) is 11.3 Å². The number of nitro groups is 1. The number of nitrogens with one attached hydrogen (secondary N) is 2. The van der Waals surface area contributed by atoms with Crippen LogP contribution < -0.4 is 16.6 Å². The highest BCUT2D eigenvalue weighted by atomic mass is 16.6. The first-order valence-corrected chi connectivity index (χ1v) is 6.31. The van der Waals surface area contributed by atoms with E-state index in [9.17, 15) is 10.1 Å². The number of rotatable bonds is 8. The molecule has 1 aliphatic rings. The summed E-state index contributed by atoms with van der Waals surface area (Å²) in [6, 6.07) is 0. The Labute approximate surface area is 116 Å². The Balaban J connectivity index is 2.08. The summed E-state index contributed by atoms with van der Waals surface area (Å²) >= 11 is 0. The lowest BCUT2D eigenvalue weighted by molar-refractivity contribution is -0.383. The van der Waals surface area contributed by atoms with Gasteiger partial charge in [-0.3, -0.25) is 10.1 Å². The van der Waals surface area contributed by atoms with Crippen LogP contribution in [0, 0.1) is 15.5 Å². The van der Waals surface area contributed by atoms with Crippen molar-refractivity contribution in [2.75, 3.05) is 31.0 Å². The predicted molar refractivity (Wildman–Crippen MR) is 73.1 cm³/mol. The van der Waals surface area contributed by atoms with Crippen molar-refractivity contribution in [2.45, 2.75) is 19.3 Å². The van der Waals surface area contributed by atoms with Gasteiger partial charge in [-0.25, -0.2) is 15.8 Å². The summed E-state index contributed by atoms with van der Waals surface area (Å²) in [5.41, 5.74) is 2.13. The quantitative estimate of drug-likeness (QED) is 0.364. The Morgan fingerprint density at radius 3 is 2.75 bits per heavy atom. The maximum atomic E-state index is 11.1. The predicted octanol–water partition coefficient (Wildman–Crippen LogP) is 0.899. The zero-order chi connectivity index (χ0) is 14.6. The van der Waals surface area contributed by atoms with Gasteiger partial charge in [0, 0.05) is 20.3 Å². The molecule has 1 aromatic rings. The molecule has 0 amide bonds. The first-order chi connectivity index (χ1) is 9.62. The van der Waals surface area contributed by atoms with Crippen LogP contribution in [-0.4, -0.2) is 35.2 Å². The third-order valence-electron chi connectivity index (χ3n) is 3.57. The number of nitrogen functional groups attached to an aromatic ring is 1. The largest absolute Gasteiger partial charge is 0.385 e. The fourth-order valence-electron chi connectivity index (χ4n) is 2.07. The van der Waals surface area contributed by atoms with Crippen molar-refractivity contribution in [3.63, 3.8) is 0 Å². The Bertz CT molecular complexity index is 491. The number of aromatic nitrogens is 2. The standard InChI is InChI=1S/C11H18N6O3/c1-20-5-4-11(2-3-11)6-13-9-8(17(18)19)10(16-12)15-7-14-9/h7H,2-6,12H2,1H3,(H2,13,14,15,16). The molecule has 1 fully saturated rings. The van der Waals surface area contributed by atoms with E-state index in [1.165, 1.54) is 6.33 Å². The van der Waals surface area contributed by atoms with Crippen molar-refractivity contribution in [1.82, 2.24) is 9.97 Å². The fourth-order valence-corrected chi connectivity index (χ4v) is 2.07. The molecule has 110 valence electrons. The Morgan fingerprint density at radius 2 is 2.20 bits per heavy atom. The normalized spacial score (nSPS) is 15.7. The van der Waals surface area contributed by atoms with Crippen LogP contribution >= 0.6 is 0 Å². The van der Waals surface area contributed by atoms with Crippen LogP contribution in [0.3, 0.4) is 0 Å². The highest BCUT2D eigenvalue weighted by Crippen LogP contribution is 2.49. The molecule has 2 rings (SSSR count). The van der Waals surface area contributed by atoms with Crippen LogP contribution in [-0.2, 0) is 4.74 Å². The highest BCUT2D eigenvalue weighted by Gasteiger charge is 2.42. The molecule has 0 atom stereocenters. The Morgan fingerprint density at radius 1 is 1.50 bits per heavy atom. The summed E-state index contributed by atoms with van der Waals surface area (Å²) in [5.74, 6) is 5.41. The Hall–Kier alpha value is -2.00. The van der Waals surface area contributed by atoms with Crippen molar-refractivity contribution in [1.29, 1.82) is 0 Å². The van der Waals surface area contributed by atoms with E-state index >= 15 is 0 Å². The van der Waals surface area contributed by atoms with Crippen molar-refractivity contribution >= 4 is 17.3 Å². The number of hydrogen-bond acceptors (Lipinski definition) is 8. The average Bonchev–Trinajstić information content (AvgIpc) is 3.22. The maximum Gasteiger partial charge on any atom is 0.354 e. The van der Waals surface area contributed by atoms with E-state index in [0.29, 0.717) is 13.2 Å².